The summed E-state index contributed by atoms with van der Waals surface area (Å²) in [5.74, 6) is 5.32. The first kappa shape index (κ1) is 27.7. The van der Waals surface area contributed by atoms with Crippen molar-refractivity contribution < 1.29 is 12.4 Å². The van der Waals surface area contributed by atoms with Crippen molar-refractivity contribution in [1.29, 1.82) is 0 Å². The highest BCUT2D eigenvalue weighted by atomic mass is 16.2. The molecule has 0 unspecified atom stereocenters. The summed E-state index contributed by atoms with van der Waals surface area (Å²) in [6, 6.07) is -0.827. The highest BCUT2D eigenvalue weighted by Gasteiger charge is 2.48. The van der Waals surface area contributed by atoms with Crippen LogP contribution in [0.1, 0.15) is 49.3 Å². The van der Waals surface area contributed by atoms with Crippen molar-refractivity contribution >= 4 is 35.7 Å². The minimum Gasteiger partial charge on any atom is -0.405 e. The fourth-order valence-electron chi connectivity index (χ4n) is 3.99. The molecule has 0 spiro atoms. The Bertz CT molecular complexity index is 909. The van der Waals surface area contributed by atoms with Crippen molar-refractivity contribution in [3.8, 4) is 0 Å². The van der Waals surface area contributed by atoms with Crippen LogP contribution in [0.4, 0.5) is 0 Å². The fourth-order valence-corrected chi connectivity index (χ4v) is 3.99. The van der Waals surface area contributed by atoms with E-state index in [1.807, 2.05) is 20.8 Å². The predicted octanol–water partition coefficient (Wildman–Crippen LogP) is 1.11. The van der Waals surface area contributed by atoms with Gasteiger partial charge >= 0.3 is 0 Å². The Hall–Kier alpha value is -3.50. The van der Waals surface area contributed by atoms with Crippen LogP contribution < -0.4 is 27.9 Å². The summed E-state index contributed by atoms with van der Waals surface area (Å²) < 4.78 is 0. The van der Waals surface area contributed by atoms with Gasteiger partial charge in [0.2, 0.25) is 5.91 Å². The second kappa shape index (κ2) is 14.0. The number of rotatable bonds is 14. The van der Waals surface area contributed by atoms with Crippen LogP contribution in [0.15, 0.2) is 44.3 Å². The summed E-state index contributed by atoms with van der Waals surface area (Å²) in [6.45, 7) is 6.43. The number of allylic oxidation sites excluding steroid dienone is 1. The smallest absolute Gasteiger partial charge is 0.270 e. The van der Waals surface area contributed by atoms with E-state index in [1.165, 1.54) is 30.9 Å². The number of carbonyl (C=O) groups excluding carboxylic acids is 2. The molecule has 2 rings (SSSR count). The van der Waals surface area contributed by atoms with E-state index in [9.17, 15) is 9.59 Å². The third kappa shape index (κ3) is 9.34. The topological polar surface area (TPSA) is 186 Å². The molecule has 0 saturated heterocycles. The summed E-state index contributed by atoms with van der Waals surface area (Å²) in [4.78, 5) is 39.4. The Morgan fingerprint density at radius 2 is 1.77 bits per heavy atom. The van der Waals surface area contributed by atoms with Crippen LogP contribution in [0.3, 0.4) is 0 Å². The first-order chi connectivity index (χ1) is 16.8. The van der Waals surface area contributed by atoms with Crippen molar-refractivity contribution in [2.75, 3.05) is 13.1 Å². The van der Waals surface area contributed by atoms with E-state index in [1.54, 1.807) is 0 Å². The SMILES string of the molecule is CCN=C(/C=N\N)CN=C/C(=C\N)NC(=O)[C@@H](NC(=O)C(/C=C\N)=NC(C)C)C(C1CC1)C1CC1.[HH].[HH]. The molecule has 0 aromatic rings. The van der Waals surface area contributed by atoms with Crippen LogP contribution in [0.5, 0.6) is 0 Å². The van der Waals surface area contributed by atoms with E-state index < -0.39 is 11.9 Å². The van der Waals surface area contributed by atoms with E-state index >= 15 is 0 Å². The zero-order valence-electron chi connectivity index (χ0n) is 20.9. The molecule has 0 aliphatic heterocycles. The normalized spacial score (nSPS) is 18.8. The Labute approximate surface area is 210 Å². The quantitative estimate of drug-likeness (QED) is 0.139. The molecule has 2 aliphatic rings. The van der Waals surface area contributed by atoms with E-state index in [4.69, 9.17) is 17.3 Å². The summed E-state index contributed by atoms with van der Waals surface area (Å²) in [6.07, 6.45) is 11.1. The second-order valence-corrected chi connectivity index (χ2v) is 9.00. The van der Waals surface area contributed by atoms with Crippen molar-refractivity contribution in [2.24, 2.45) is 55.1 Å². The lowest BCUT2D eigenvalue weighted by Crippen LogP contribution is -2.53. The van der Waals surface area contributed by atoms with Gasteiger partial charge in [0.15, 0.2) is 0 Å². The van der Waals surface area contributed by atoms with Crippen LogP contribution >= 0.6 is 0 Å². The standard InChI is InChI=1S/C24H39N9O2.2H2/c1-4-29-19(14-30-27)13-28-12-18(11-26)32-24(35)22(21(16-5-6-16)17-7-8-17)33-23(34)20(9-10-25)31-15(2)3;;/h9-12,14-17,21-22H,4-8,13,25-27H2,1-3H3,(H,32,35)(H,33,34);2*1H/b10-9-,18-11+,28-12?,29-19?,30-14-,31-20?;;/t22-;;/m0../s1. The molecule has 0 aromatic heterocycles. The average Bonchev–Trinajstić information content (AvgIpc) is 3.73. The number of nitrogens with one attached hydrogen (secondary N) is 2. The number of nitrogens with zero attached hydrogens (tertiary/aromatic N) is 4. The number of amides is 2. The maximum Gasteiger partial charge on any atom is 0.270 e. The van der Waals surface area contributed by atoms with Gasteiger partial charge in [0.05, 0.1) is 24.2 Å². The lowest BCUT2D eigenvalue weighted by molar-refractivity contribution is -0.127. The maximum absolute atomic E-state index is 13.4. The summed E-state index contributed by atoms with van der Waals surface area (Å²) >= 11 is 0. The molecule has 2 aliphatic carbocycles. The summed E-state index contributed by atoms with van der Waals surface area (Å²) in [7, 11) is 0. The molecule has 1 atom stereocenters. The third-order valence-electron chi connectivity index (χ3n) is 5.69. The zero-order chi connectivity index (χ0) is 25.8. The molecule has 0 aromatic carbocycles. The number of nitrogens with two attached hydrogens (primary N) is 3. The van der Waals surface area contributed by atoms with Crippen molar-refractivity contribution in [1.82, 2.24) is 10.6 Å². The molecule has 11 heteroatoms. The Morgan fingerprint density at radius 3 is 2.26 bits per heavy atom. The number of hydrogen-bond acceptors (Lipinski definition) is 9. The number of carbonyl (C=O) groups is 2. The third-order valence-corrected chi connectivity index (χ3v) is 5.69. The van der Waals surface area contributed by atoms with Gasteiger partial charge in [-0.15, -0.1) is 0 Å². The van der Waals surface area contributed by atoms with Crippen LogP contribution in [-0.2, 0) is 9.59 Å². The Morgan fingerprint density at radius 1 is 1.11 bits per heavy atom. The van der Waals surface area contributed by atoms with E-state index in [2.05, 4.69) is 30.7 Å². The van der Waals surface area contributed by atoms with Gasteiger partial charge in [-0.2, -0.15) is 5.10 Å². The zero-order valence-corrected chi connectivity index (χ0v) is 20.9. The van der Waals surface area contributed by atoms with Crippen LogP contribution in [0.25, 0.3) is 0 Å². The molecule has 0 heterocycles. The van der Waals surface area contributed by atoms with Gasteiger partial charge in [0.1, 0.15) is 11.8 Å². The summed E-state index contributed by atoms with van der Waals surface area (Å²) in [5, 5.41) is 9.24. The minimum atomic E-state index is -0.726. The number of hydrogen-bond donors (Lipinski definition) is 5. The van der Waals surface area contributed by atoms with E-state index in [0.29, 0.717) is 29.8 Å². The molecule has 35 heavy (non-hydrogen) atoms. The summed E-state index contributed by atoms with van der Waals surface area (Å²) in [5.41, 5.74) is 12.4. The van der Waals surface area contributed by atoms with Crippen LogP contribution in [0, 0.1) is 17.8 Å². The van der Waals surface area contributed by atoms with E-state index in [0.717, 1.165) is 25.7 Å². The predicted molar refractivity (Wildman–Crippen MR) is 145 cm³/mol. The highest BCUT2D eigenvalue weighted by Crippen LogP contribution is 2.50. The maximum atomic E-state index is 13.4. The number of aliphatic imine (C=N–C) groups is 3. The second-order valence-electron chi connectivity index (χ2n) is 9.00. The number of hydrazone groups is 1. The van der Waals surface area contributed by atoms with Gasteiger partial charge in [-0.3, -0.25) is 24.6 Å². The highest BCUT2D eigenvalue weighted by molar-refractivity contribution is 6.43. The van der Waals surface area contributed by atoms with Crippen molar-refractivity contribution in [2.45, 2.75) is 58.5 Å². The first-order valence-corrected chi connectivity index (χ1v) is 12.1. The molecule has 0 radical (unpaired) electrons. The molecule has 11 nitrogen and oxygen atoms in total. The molecule has 2 amide bonds. The largest absolute Gasteiger partial charge is 0.405 e. The Kier molecular flexibility index (Phi) is 11.1. The molecular weight excluding hydrogens is 446 g/mol. The molecule has 8 N–H and O–H groups in total. The van der Waals surface area contributed by atoms with Gasteiger partial charge in [-0.25, -0.2) is 0 Å². The van der Waals surface area contributed by atoms with Gasteiger partial charge in [-0.05, 0) is 76.5 Å². The molecular formula is C24H43N9O2. The lowest BCUT2D eigenvalue weighted by Gasteiger charge is -2.27. The molecule has 196 valence electrons. The monoisotopic (exact) mass is 489 g/mol. The average molecular weight is 490 g/mol. The molecule has 2 fully saturated rings. The molecule has 0 bridgehead atoms. The van der Waals surface area contributed by atoms with Gasteiger partial charge in [-0.1, -0.05) is 0 Å². The van der Waals surface area contributed by atoms with Gasteiger partial charge in [0.25, 0.3) is 5.91 Å². The van der Waals surface area contributed by atoms with E-state index in [-0.39, 0.29) is 33.0 Å². The first-order valence-electron chi connectivity index (χ1n) is 12.1. The lowest BCUT2D eigenvalue weighted by atomic mass is 9.88. The fraction of sp³-hybridized carbons (Fsp3) is 0.583. The van der Waals surface area contributed by atoms with Crippen LogP contribution in [0.2, 0.25) is 0 Å². The van der Waals surface area contributed by atoms with Gasteiger partial charge < -0.3 is 27.9 Å². The molecule has 2 saturated carbocycles. The minimum absolute atomic E-state index is 0. The van der Waals surface area contributed by atoms with Crippen molar-refractivity contribution in [3.63, 3.8) is 0 Å². The van der Waals surface area contributed by atoms with Gasteiger partial charge in [0, 0.05) is 27.9 Å². The van der Waals surface area contributed by atoms with Crippen LogP contribution in [-0.4, -0.2) is 60.8 Å². The Balaban J connectivity index is 0.00000648. The van der Waals surface area contributed by atoms with Crippen molar-refractivity contribution in [3.05, 3.63) is 24.2 Å².